The maximum atomic E-state index is 13.0. The van der Waals surface area contributed by atoms with Crippen molar-refractivity contribution in [3.8, 4) is 5.75 Å². The molecule has 1 aliphatic heterocycles. The maximum absolute atomic E-state index is 13.0. The molecular weight excluding hydrogens is 275 g/mol. The van der Waals surface area contributed by atoms with Crippen molar-refractivity contribution in [2.75, 3.05) is 13.7 Å². The van der Waals surface area contributed by atoms with Crippen molar-refractivity contribution in [1.82, 2.24) is 10.2 Å². The molecule has 0 aliphatic carbocycles. The Morgan fingerprint density at radius 2 is 2.33 bits per heavy atom. The minimum absolute atomic E-state index is 0.0150. The number of halogens is 1. The van der Waals surface area contributed by atoms with Crippen molar-refractivity contribution in [3.63, 3.8) is 0 Å². The van der Waals surface area contributed by atoms with E-state index in [4.69, 9.17) is 4.74 Å². The molecule has 0 saturated carbocycles. The van der Waals surface area contributed by atoms with Gasteiger partial charge in [-0.3, -0.25) is 9.59 Å². The number of nitrogens with one attached hydrogen (secondary N) is 1. The largest absolute Gasteiger partial charge is 0.491 e. The van der Waals surface area contributed by atoms with Crippen molar-refractivity contribution in [2.45, 2.75) is 31.8 Å². The lowest BCUT2D eigenvalue weighted by molar-refractivity contribution is -0.134. The van der Waals surface area contributed by atoms with E-state index in [0.29, 0.717) is 18.6 Å². The molecule has 2 amide bonds. The number of benzene rings is 1. The highest BCUT2D eigenvalue weighted by molar-refractivity contribution is 5.90. The van der Waals surface area contributed by atoms with E-state index < -0.39 is 6.04 Å². The van der Waals surface area contributed by atoms with Crippen LogP contribution >= 0.6 is 0 Å². The topological polar surface area (TPSA) is 58.6 Å². The number of nitrogens with zero attached hydrogens (tertiary/aromatic N) is 1. The van der Waals surface area contributed by atoms with E-state index in [1.54, 1.807) is 26.1 Å². The van der Waals surface area contributed by atoms with Gasteiger partial charge in [-0.2, -0.15) is 0 Å². The minimum Gasteiger partial charge on any atom is -0.491 e. The summed E-state index contributed by atoms with van der Waals surface area (Å²) in [5.41, 5.74) is 0. The molecule has 1 aliphatic rings. The molecule has 1 heterocycles. The van der Waals surface area contributed by atoms with Gasteiger partial charge < -0.3 is 15.0 Å². The summed E-state index contributed by atoms with van der Waals surface area (Å²) >= 11 is 0. The lowest BCUT2D eigenvalue weighted by Crippen LogP contribution is -2.47. The second-order valence-electron chi connectivity index (χ2n) is 5.24. The SMILES string of the molecule is CC(COc1cccc(F)c1)NC(=O)C1CCC(=O)N1C. The lowest BCUT2D eigenvalue weighted by atomic mass is 10.2. The predicted molar refractivity (Wildman–Crippen MR) is 75.3 cm³/mol. The van der Waals surface area contributed by atoms with Crippen molar-refractivity contribution in [3.05, 3.63) is 30.1 Å². The second kappa shape index (κ2) is 6.56. The molecule has 5 nitrogen and oxygen atoms in total. The Balaban J connectivity index is 1.80. The van der Waals surface area contributed by atoms with Crippen molar-refractivity contribution in [2.24, 2.45) is 0 Å². The number of amides is 2. The molecular formula is C15H19FN2O3. The Bertz CT molecular complexity index is 535. The molecule has 2 rings (SSSR count). The molecule has 1 saturated heterocycles. The third-order valence-corrected chi connectivity index (χ3v) is 3.48. The number of hydrogen-bond donors (Lipinski definition) is 1. The predicted octanol–water partition coefficient (Wildman–Crippen LogP) is 1.33. The maximum Gasteiger partial charge on any atom is 0.243 e. The number of likely N-dealkylation sites (tertiary alicyclic amines) is 1. The number of carbonyl (C=O) groups is 2. The molecule has 1 N–H and O–H groups in total. The van der Waals surface area contributed by atoms with Crippen molar-refractivity contribution in [1.29, 1.82) is 0 Å². The monoisotopic (exact) mass is 294 g/mol. The Morgan fingerprint density at radius 1 is 1.57 bits per heavy atom. The van der Waals surface area contributed by atoms with Gasteiger partial charge in [0, 0.05) is 19.5 Å². The van der Waals surface area contributed by atoms with Crippen molar-refractivity contribution >= 4 is 11.8 Å². The molecule has 21 heavy (non-hydrogen) atoms. The highest BCUT2D eigenvalue weighted by atomic mass is 19.1. The smallest absolute Gasteiger partial charge is 0.243 e. The fraction of sp³-hybridized carbons (Fsp3) is 0.467. The Morgan fingerprint density at radius 3 is 2.95 bits per heavy atom. The van der Waals surface area contributed by atoms with Gasteiger partial charge in [-0.15, -0.1) is 0 Å². The first-order chi connectivity index (χ1) is 9.97. The van der Waals surface area contributed by atoms with Crippen molar-refractivity contribution < 1.29 is 18.7 Å². The van der Waals surface area contributed by atoms with Crippen LogP contribution in [0.25, 0.3) is 0 Å². The quantitative estimate of drug-likeness (QED) is 0.891. The van der Waals surface area contributed by atoms with Crippen LogP contribution in [-0.4, -0.2) is 42.5 Å². The standard InChI is InChI=1S/C15H19FN2O3/c1-10(9-21-12-5-3-4-11(16)8-12)17-15(20)13-6-7-14(19)18(13)2/h3-5,8,10,13H,6-7,9H2,1-2H3,(H,17,20). The zero-order chi connectivity index (χ0) is 15.4. The molecule has 6 heteroatoms. The summed E-state index contributed by atoms with van der Waals surface area (Å²) in [6.45, 7) is 2.04. The summed E-state index contributed by atoms with van der Waals surface area (Å²) in [5.74, 6) is -0.142. The van der Waals surface area contributed by atoms with Crippen LogP contribution in [0.3, 0.4) is 0 Å². The molecule has 0 radical (unpaired) electrons. The fourth-order valence-electron chi connectivity index (χ4n) is 2.27. The first-order valence-electron chi connectivity index (χ1n) is 6.92. The third kappa shape index (κ3) is 3.93. The Hall–Kier alpha value is -2.11. The number of likely N-dealkylation sites (N-methyl/N-ethyl adjacent to an activating group) is 1. The number of ether oxygens (including phenoxy) is 1. The number of carbonyl (C=O) groups excluding carboxylic acids is 2. The lowest BCUT2D eigenvalue weighted by Gasteiger charge is -2.22. The molecule has 0 spiro atoms. The number of hydrogen-bond acceptors (Lipinski definition) is 3. The van der Waals surface area contributed by atoms with E-state index in [9.17, 15) is 14.0 Å². The fourth-order valence-corrected chi connectivity index (χ4v) is 2.27. The van der Waals surface area contributed by atoms with Gasteiger partial charge in [0.15, 0.2) is 0 Å². The van der Waals surface area contributed by atoms with Crippen LogP contribution in [0.4, 0.5) is 4.39 Å². The minimum atomic E-state index is -0.408. The zero-order valence-corrected chi connectivity index (χ0v) is 12.1. The summed E-state index contributed by atoms with van der Waals surface area (Å²) in [6.07, 6.45) is 0.946. The average Bonchev–Trinajstić information content (AvgIpc) is 2.77. The van der Waals surface area contributed by atoms with E-state index >= 15 is 0 Å². The van der Waals surface area contributed by atoms with Crippen LogP contribution < -0.4 is 10.1 Å². The molecule has 1 aromatic carbocycles. The van der Waals surface area contributed by atoms with E-state index in [2.05, 4.69) is 5.32 Å². The molecule has 1 aromatic rings. The van der Waals surface area contributed by atoms with Crippen LogP contribution in [0.1, 0.15) is 19.8 Å². The van der Waals surface area contributed by atoms with Gasteiger partial charge in [-0.05, 0) is 25.5 Å². The van der Waals surface area contributed by atoms with E-state index in [1.165, 1.54) is 17.0 Å². The summed E-state index contributed by atoms with van der Waals surface area (Å²) in [6, 6.07) is 5.20. The molecule has 1 fully saturated rings. The Labute approximate surface area is 123 Å². The van der Waals surface area contributed by atoms with Crippen LogP contribution in [0.2, 0.25) is 0 Å². The molecule has 114 valence electrons. The third-order valence-electron chi connectivity index (χ3n) is 3.48. The van der Waals surface area contributed by atoms with Crippen LogP contribution in [0.15, 0.2) is 24.3 Å². The Kier molecular flexibility index (Phi) is 4.77. The van der Waals surface area contributed by atoms with Crippen LogP contribution in [0, 0.1) is 5.82 Å². The van der Waals surface area contributed by atoms with E-state index in [1.807, 2.05) is 0 Å². The first kappa shape index (κ1) is 15.3. The van der Waals surface area contributed by atoms with E-state index in [-0.39, 0.29) is 30.3 Å². The van der Waals surface area contributed by atoms with Crippen LogP contribution in [-0.2, 0) is 9.59 Å². The van der Waals surface area contributed by atoms with Gasteiger partial charge in [0.05, 0.1) is 6.04 Å². The summed E-state index contributed by atoms with van der Waals surface area (Å²) in [5, 5.41) is 2.81. The molecule has 2 unspecified atom stereocenters. The van der Waals surface area contributed by atoms with Gasteiger partial charge in [0.25, 0.3) is 0 Å². The van der Waals surface area contributed by atoms with Gasteiger partial charge in [0.1, 0.15) is 24.2 Å². The molecule has 0 bridgehead atoms. The normalized spacial score (nSPS) is 19.5. The molecule has 2 atom stereocenters. The molecule has 0 aromatic heterocycles. The van der Waals surface area contributed by atoms with E-state index in [0.717, 1.165) is 0 Å². The number of rotatable bonds is 5. The average molecular weight is 294 g/mol. The highest BCUT2D eigenvalue weighted by Crippen LogP contribution is 2.16. The van der Waals surface area contributed by atoms with Gasteiger partial charge >= 0.3 is 0 Å². The zero-order valence-electron chi connectivity index (χ0n) is 12.1. The summed E-state index contributed by atoms with van der Waals surface area (Å²) in [7, 11) is 1.63. The van der Waals surface area contributed by atoms with Gasteiger partial charge in [-0.25, -0.2) is 4.39 Å². The summed E-state index contributed by atoms with van der Waals surface area (Å²) < 4.78 is 18.4. The first-order valence-corrected chi connectivity index (χ1v) is 6.92. The summed E-state index contributed by atoms with van der Waals surface area (Å²) in [4.78, 5) is 24.9. The second-order valence-corrected chi connectivity index (χ2v) is 5.24. The highest BCUT2D eigenvalue weighted by Gasteiger charge is 2.33. The van der Waals surface area contributed by atoms with Gasteiger partial charge in [0.2, 0.25) is 11.8 Å². The van der Waals surface area contributed by atoms with Crippen LogP contribution in [0.5, 0.6) is 5.75 Å². The van der Waals surface area contributed by atoms with Gasteiger partial charge in [-0.1, -0.05) is 6.07 Å².